The number of hydrogen-bond donors (Lipinski definition) is 1. The van der Waals surface area contributed by atoms with Gasteiger partial charge in [0.25, 0.3) is 0 Å². The Bertz CT molecular complexity index is 227. The van der Waals surface area contributed by atoms with E-state index in [2.05, 4.69) is 0 Å². The molecule has 0 rings (SSSR count). The van der Waals surface area contributed by atoms with E-state index < -0.39 is 23.4 Å². The van der Waals surface area contributed by atoms with Crippen LogP contribution >= 0.6 is 0 Å². The molecule has 0 aliphatic heterocycles. The first kappa shape index (κ1) is 18.7. The molecule has 0 aromatic heterocycles. The number of hydrogen-bond acceptors (Lipinski definition) is 4. The van der Waals surface area contributed by atoms with Gasteiger partial charge in [0.2, 0.25) is 0 Å². The summed E-state index contributed by atoms with van der Waals surface area (Å²) in [6.45, 7) is 10.3. The average molecular weight is 256 g/mol. The third-order valence-corrected chi connectivity index (χ3v) is 1.00. The minimum Gasteiger partial charge on any atom is -0.443 e. The van der Waals surface area contributed by atoms with E-state index in [1.807, 2.05) is 5.32 Å². The molecule has 0 saturated carbocycles. The number of carbonyl (C=O) groups excluding carboxylic acids is 2. The summed E-state index contributed by atoms with van der Waals surface area (Å²) in [5.41, 5.74) is -1.27. The van der Waals surface area contributed by atoms with Crippen LogP contribution in [0.5, 0.6) is 0 Å². The van der Waals surface area contributed by atoms with Gasteiger partial charge in [0.1, 0.15) is 11.2 Å². The maximum Gasteiger partial charge on any atom is 0.417 e. The zero-order valence-corrected chi connectivity index (χ0v) is 14.3. The van der Waals surface area contributed by atoms with E-state index >= 15 is 0 Å². The van der Waals surface area contributed by atoms with Gasteiger partial charge in [0.05, 0.1) is 0 Å². The summed E-state index contributed by atoms with van der Waals surface area (Å²) in [5.74, 6) is 0. The standard InChI is InChI=1S/C10H19NO4.K/c1-9(2,3)14-7(12)11-8(13)15-10(4,5)6;/h1-6H3,(H,11,12,13);. The molecule has 0 spiro atoms. The van der Waals surface area contributed by atoms with Crippen LogP contribution in [0.1, 0.15) is 41.5 Å². The van der Waals surface area contributed by atoms with Crippen molar-refractivity contribution in [1.82, 2.24) is 5.32 Å². The van der Waals surface area contributed by atoms with Gasteiger partial charge in [0, 0.05) is 51.4 Å². The van der Waals surface area contributed by atoms with Crippen molar-refractivity contribution in [2.24, 2.45) is 0 Å². The van der Waals surface area contributed by atoms with Crippen LogP contribution in [-0.2, 0) is 9.47 Å². The van der Waals surface area contributed by atoms with Gasteiger partial charge in [-0.05, 0) is 41.5 Å². The number of nitrogens with one attached hydrogen (secondary N) is 1. The molecule has 0 saturated heterocycles. The van der Waals surface area contributed by atoms with E-state index in [-0.39, 0.29) is 51.4 Å². The quantitative estimate of drug-likeness (QED) is 0.674. The minimum absolute atomic E-state index is 0. The van der Waals surface area contributed by atoms with Crippen LogP contribution in [0.4, 0.5) is 9.59 Å². The predicted octanol–water partition coefficient (Wildman–Crippen LogP) is 2.07. The molecule has 0 fully saturated rings. The van der Waals surface area contributed by atoms with Crippen LogP contribution in [0.3, 0.4) is 0 Å². The second-order valence-corrected chi connectivity index (χ2v) is 5.13. The first-order valence-corrected chi connectivity index (χ1v) is 4.72. The SMILES string of the molecule is CC(C)(C)OC(=O)NC(=O)OC(C)(C)C.[K]. The van der Waals surface area contributed by atoms with Gasteiger partial charge >= 0.3 is 12.2 Å². The van der Waals surface area contributed by atoms with E-state index in [1.165, 1.54) is 0 Å². The van der Waals surface area contributed by atoms with Crippen LogP contribution < -0.4 is 5.32 Å². The van der Waals surface area contributed by atoms with Crippen LogP contribution in [0.25, 0.3) is 0 Å². The van der Waals surface area contributed by atoms with E-state index in [0.29, 0.717) is 0 Å². The summed E-state index contributed by atoms with van der Waals surface area (Å²) >= 11 is 0. The Morgan fingerprint density at radius 1 is 0.812 bits per heavy atom. The molecular weight excluding hydrogens is 237 g/mol. The van der Waals surface area contributed by atoms with Gasteiger partial charge < -0.3 is 9.47 Å². The summed E-state index contributed by atoms with van der Waals surface area (Å²) in [7, 11) is 0. The maximum atomic E-state index is 11.1. The molecule has 2 amide bonds. The number of alkyl carbamates (subject to hydrolysis) is 2. The molecule has 0 atom stereocenters. The molecular formula is C10H19KNO4. The molecule has 0 bridgehead atoms. The molecule has 89 valence electrons. The molecule has 1 N–H and O–H groups in total. The van der Waals surface area contributed by atoms with Crippen LogP contribution in [0.15, 0.2) is 0 Å². The fraction of sp³-hybridized carbons (Fsp3) is 0.800. The molecule has 6 heteroatoms. The van der Waals surface area contributed by atoms with Crippen molar-refractivity contribution in [3.63, 3.8) is 0 Å². The van der Waals surface area contributed by atoms with Crippen LogP contribution in [0.2, 0.25) is 0 Å². The zero-order chi connectivity index (χ0) is 12.3. The van der Waals surface area contributed by atoms with Crippen molar-refractivity contribution in [1.29, 1.82) is 0 Å². The third-order valence-electron chi connectivity index (χ3n) is 1.00. The molecule has 0 unspecified atom stereocenters. The summed E-state index contributed by atoms with van der Waals surface area (Å²) in [6.07, 6.45) is -1.62. The Hall–Kier alpha value is 0.376. The van der Waals surface area contributed by atoms with Gasteiger partial charge in [-0.2, -0.15) is 0 Å². The molecule has 0 aromatic carbocycles. The minimum atomic E-state index is -0.809. The second-order valence-electron chi connectivity index (χ2n) is 5.13. The maximum absolute atomic E-state index is 11.1. The molecule has 0 aliphatic carbocycles. The van der Waals surface area contributed by atoms with Crippen molar-refractivity contribution in [3.8, 4) is 0 Å². The molecule has 0 heterocycles. The zero-order valence-electron chi connectivity index (χ0n) is 11.1. The number of imide groups is 1. The molecule has 0 aromatic rings. The largest absolute Gasteiger partial charge is 0.443 e. The first-order valence-electron chi connectivity index (χ1n) is 4.72. The number of rotatable bonds is 0. The normalized spacial score (nSPS) is 11.1. The Morgan fingerprint density at radius 2 is 1.06 bits per heavy atom. The van der Waals surface area contributed by atoms with Crippen LogP contribution in [0, 0.1) is 0 Å². The Kier molecular flexibility index (Phi) is 8.14. The van der Waals surface area contributed by atoms with Crippen molar-refractivity contribution in [2.45, 2.75) is 52.7 Å². The van der Waals surface area contributed by atoms with E-state index in [9.17, 15) is 9.59 Å². The fourth-order valence-corrected chi connectivity index (χ4v) is 0.691. The van der Waals surface area contributed by atoms with Crippen LogP contribution in [-0.4, -0.2) is 74.8 Å². The Morgan fingerprint density at radius 3 is 1.25 bits per heavy atom. The van der Waals surface area contributed by atoms with Gasteiger partial charge in [0.15, 0.2) is 0 Å². The van der Waals surface area contributed by atoms with E-state index in [0.717, 1.165) is 0 Å². The average Bonchev–Trinajstić information content (AvgIpc) is 1.73. The van der Waals surface area contributed by atoms with Crippen molar-refractivity contribution in [2.75, 3.05) is 0 Å². The molecule has 0 aliphatic rings. The Labute approximate surface area is 139 Å². The van der Waals surface area contributed by atoms with Gasteiger partial charge in [-0.3, -0.25) is 0 Å². The van der Waals surface area contributed by atoms with Crippen molar-refractivity contribution >= 4 is 63.6 Å². The summed E-state index contributed by atoms with van der Waals surface area (Å²) in [5, 5.41) is 1.97. The fourth-order valence-electron chi connectivity index (χ4n) is 0.691. The second kappa shape index (κ2) is 6.95. The van der Waals surface area contributed by atoms with E-state index in [1.54, 1.807) is 41.5 Å². The first-order chi connectivity index (χ1) is 6.49. The number of ether oxygens (including phenoxy) is 2. The van der Waals surface area contributed by atoms with Gasteiger partial charge in [-0.1, -0.05) is 0 Å². The Balaban J connectivity index is 0. The van der Waals surface area contributed by atoms with Crippen molar-refractivity contribution in [3.05, 3.63) is 0 Å². The summed E-state index contributed by atoms with van der Waals surface area (Å²) in [6, 6.07) is 0. The third kappa shape index (κ3) is 12.4. The molecule has 1 radical (unpaired) electrons. The summed E-state index contributed by atoms with van der Waals surface area (Å²) < 4.78 is 9.74. The smallest absolute Gasteiger partial charge is 0.417 e. The molecule has 16 heavy (non-hydrogen) atoms. The number of carbonyl (C=O) groups is 2. The van der Waals surface area contributed by atoms with Crippen molar-refractivity contribution < 1.29 is 19.1 Å². The summed E-state index contributed by atoms with van der Waals surface area (Å²) in [4.78, 5) is 22.2. The monoisotopic (exact) mass is 256 g/mol. The van der Waals surface area contributed by atoms with Gasteiger partial charge in [-0.15, -0.1) is 0 Å². The topological polar surface area (TPSA) is 64.6 Å². The number of amides is 2. The van der Waals surface area contributed by atoms with E-state index in [4.69, 9.17) is 9.47 Å². The predicted molar refractivity (Wildman–Crippen MR) is 61.4 cm³/mol. The molecule has 5 nitrogen and oxygen atoms in total. The van der Waals surface area contributed by atoms with Gasteiger partial charge in [-0.25, -0.2) is 14.9 Å².